The van der Waals surface area contributed by atoms with Gasteiger partial charge in [0.15, 0.2) is 0 Å². The van der Waals surface area contributed by atoms with Crippen molar-refractivity contribution >= 4 is 17.2 Å². The van der Waals surface area contributed by atoms with Gasteiger partial charge in [0.05, 0.1) is 23.6 Å². The smallest absolute Gasteiger partial charge is 0.294 e. The van der Waals surface area contributed by atoms with Crippen molar-refractivity contribution in [2.24, 2.45) is 7.05 Å². The molecular formula is C33H35N4+. The molecule has 3 heterocycles. The Labute approximate surface area is 222 Å². The number of fused-ring (bicyclic) bond motifs is 3. The van der Waals surface area contributed by atoms with Gasteiger partial charge < -0.3 is 4.57 Å². The van der Waals surface area contributed by atoms with Gasteiger partial charge in [0.25, 0.3) is 5.82 Å². The van der Waals surface area contributed by atoms with Crippen molar-refractivity contribution in [1.82, 2.24) is 14.1 Å². The standard InChI is InChI=1S/C33H35N4/c1-21(2)26-18-25(24-11-8-7-9-12-24)19-27(22(3)4)32(26)37-16-15-35(6)33(37)28-20-29-30(17-23(28)5)36-14-10-13-31(36)34-29/h7-12,14-22H,13H2,1-6H3/q+1/i21D,22D. The molecule has 0 atom stereocenters. The van der Waals surface area contributed by atoms with Gasteiger partial charge in [-0.1, -0.05) is 64.1 Å². The maximum atomic E-state index is 9.21. The van der Waals surface area contributed by atoms with Crippen molar-refractivity contribution in [3.8, 4) is 28.2 Å². The van der Waals surface area contributed by atoms with Gasteiger partial charge in [-0.05, 0) is 59.7 Å². The van der Waals surface area contributed by atoms with Crippen molar-refractivity contribution in [3.05, 3.63) is 95.6 Å². The molecule has 2 aromatic heterocycles. The number of aromatic nitrogens is 4. The summed E-state index contributed by atoms with van der Waals surface area (Å²) in [7, 11) is 2.06. The summed E-state index contributed by atoms with van der Waals surface area (Å²) in [4.78, 5) is 4.92. The minimum atomic E-state index is -0.893. The lowest BCUT2D eigenvalue weighted by Gasteiger charge is -2.20. The summed E-state index contributed by atoms with van der Waals surface area (Å²) in [6.07, 6.45) is 9.22. The molecule has 186 valence electrons. The highest BCUT2D eigenvalue weighted by Gasteiger charge is 2.28. The Kier molecular flexibility index (Phi) is 5.09. The first-order chi connectivity index (χ1) is 18.4. The Hall–Kier alpha value is -3.92. The Bertz CT molecular complexity index is 1720. The predicted molar refractivity (Wildman–Crippen MR) is 153 cm³/mol. The number of rotatable bonds is 5. The van der Waals surface area contributed by atoms with Crippen LogP contribution >= 0.6 is 0 Å². The van der Waals surface area contributed by atoms with E-state index in [4.69, 9.17) is 4.98 Å². The summed E-state index contributed by atoms with van der Waals surface area (Å²) in [5.74, 6) is 0.280. The minimum Gasteiger partial charge on any atom is -0.303 e. The second-order valence-electron chi connectivity index (χ2n) is 10.5. The highest BCUT2D eigenvalue weighted by Crippen LogP contribution is 2.38. The Morgan fingerprint density at radius 1 is 0.946 bits per heavy atom. The van der Waals surface area contributed by atoms with E-state index in [1.54, 1.807) is 0 Å². The monoisotopic (exact) mass is 489 g/mol. The number of benzene rings is 3. The first-order valence-electron chi connectivity index (χ1n) is 13.9. The van der Waals surface area contributed by atoms with E-state index in [1.165, 1.54) is 0 Å². The molecule has 3 aromatic carbocycles. The van der Waals surface area contributed by atoms with E-state index in [9.17, 15) is 2.74 Å². The zero-order chi connectivity index (χ0) is 27.7. The zero-order valence-electron chi connectivity index (χ0n) is 24.5. The number of aryl methyl sites for hydroxylation is 2. The van der Waals surface area contributed by atoms with Gasteiger partial charge in [-0.25, -0.2) is 9.55 Å². The maximum absolute atomic E-state index is 9.21. The molecule has 0 fully saturated rings. The van der Waals surface area contributed by atoms with Crippen LogP contribution in [0.3, 0.4) is 0 Å². The molecule has 1 aliphatic rings. The molecule has 0 saturated heterocycles. The van der Waals surface area contributed by atoms with Crippen molar-refractivity contribution in [2.45, 2.75) is 52.8 Å². The third-order valence-electron chi connectivity index (χ3n) is 7.44. The number of imidazole rings is 2. The average molecular weight is 490 g/mol. The summed E-state index contributed by atoms with van der Waals surface area (Å²) >= 11 is 0. The Morgan fingerprint density at radius 2 is 1.65 bits per heavy atom. The molecule has 0 spiro atoms. The van der Waals surface area contributed by atoms with Crippen molar-refractivity contribution < 1.29 is 7.31 Å². The quantitative estimate of drug-likeness (QED) is 0.234. The molecule has 0 aliphatic carbocycles. The molecule has 4 heteroatoms. The van der Waals surface area contributed by atoms with Crippen molar-refractivity contribution in [2.75, 3.05) is 0 Å². The Morgan fingerprint density at radius 3 is 2.32 bits per heavy atom. The summed E-state index contributed by atoms with van der Waals surface area (Å²) in [5, 5.41) is 0. The minimum absolute atomic E-state index is 0.852. The second kappa shape index (κ2) is 8.88. The molecule has 0 saturated carbocycles. The third-order valence-corrected chi connectivity index (χ3v) is 7.44. The number of nitrogens with zero attached hydrogens (tertiary/aromatic N) is 4. The van der Waals surface area contributed by atoms with E-state index in [-0.39, 0.29) is 0 Å². The normalized spacial score (nSPS) is 14.2. The van der Waals surface area contributed by atoms with E-state index >= 15 is 0 Å². The van der Waals surface area contributed by atoms with E-state index in [0.717, 1.165) is 68.2 Å². The molecule has 4 nitrogen and oxygen atoms in total. The Balaban J connectivity index is 1.65. The van der Waals surface area contributed by atoms with E-state index < -0.39 is 11.8 Å². The first-order valence-corrected chi connectivity index (χ1v) is 12.9. The lowest BCUT2D eigenvalue weighted by atomic mass is 9.88. The molecule has 1 aliphatic heterocycles. The fourth-order valence-electron chi connectivity index (χ4n) is 5.54. The molecule has 5 aromatic rings. The fraction of sp³-hybridized carbons (Fsp3) is 0.273. The lowest BCUT2D eigenvalue weighted by molar-refractivity contribution is -0.659. The number of hydrogen-bond donors (Lipinski definition) is 0. The van der Waals surface area contributed by atoms with Gasteiger partial charge in [-0.2, -0.15) is 4.57 Å². The van der Waals surface area contributed by atoms with Crippen LogP contribution in [0.4, 0.5) is 0 Å². The van der Waals surface area contributed by atoms with E-state index in [0.29, 0.717) is 0 Å². The number of hydrogen-bond acceptors (Lipinski definition) is 1. The van der Waals surface area contributed by atoms with Gasteiger partial charge in [-0.3, -0.25) is 0 Å². The van der Waals surface area contributed by atoms with Crippen LogP contribution in [-0.2, 0) is 13.5 Å². The van der Waals surface area contributed by atoms with E-state index in [2.05, 4.69) is 88.7 Å². The van der Waals surface area contributed by atoms with Crippen LogP contribution in [0, 0.1) is 6.92 Å². The lowest BCUT2D eigenvalue weighted by Crippen LogP contribution is -2.29. The van der Waals surface area contributed by atoms with Crippen molar-refractivity contribution in [1.29, 1.82) is 0 Å². The van der Waals surface area contributed by atoms with Gasteiger partial charge in [0.1, 0.15) is 23.9 Å². The molecule has 37 heavy (non-hydrogen) atoms. The number of allylic oxidation sites excluding steroid dienone is 1. The zero-order valence-corrected chi connectivity index (χ0v) is 22.5. The molecule has 0 N–H and O–H groups in total. The fourth-order valence-corrected chi connectivity index (χ4v) is 5.54. The highest BCUT2D eigenvalue weighted by molar-refractivity contribution is 5.85. The molecular weight excluding hydrogens is 452 g/mol. The molecule has 0 bridgehead atoms. The predicted octanol–water partition coefficient (Wildman–Crippen LogP) is 7.57. The van der Waals surface area contributed by atoms with Crippen LogP contribution in [0.1, 0.15) is 64.7 Å². The largest absolute Gasteiger partial charge is 0.303 e. The van der Waals surface area contributed by atoms with E-state index in [1.807, 2.05) is 45.9 Å². The van der Waals surface area contributed by atoms with Crippen molar-refractivity contribution in [3.63, 3.8) is 0 Å². The van der Waals surface area contributed by atoms with Gasteiger partial charge in [0, 0.05) is 26.5 Å². The first kappa shape index (κ1) is 21.2. The molecule has 0 amide bonds. The van der Waals surface area contributed by atoms with Gasteiger partial charge in [0.2, 0.25) is 0 Å². The van der Waals surface area contributed by atoms with Crippen LogP contribution in [0.5, 0.6) is 0 Å². The molecule has 0 radical (unpaired) electrons. The van der Waals surface area contributed by atoms with Crippen LogP contribution in [-0.4, -0.2) is 14.1 Å². The summed E-state index contributed by atoms with van der Waals surface area (Å²) < 4.78 is 24.9. The van der Waals surface area contributed by atoms with Gasteiger partial charge >= 0.3 is 0 Å². The van der Waals surface area contributed by atoms with Crippen LogP contribution in [0.15, 0.2) is 73.1 Å². The average Bonchev–Trinajstić information content (AvgIpc) is 3.57. The maximum Gasteiger partial charge on any atom is 0.294 e. The third kappa shape index (κ3) is 3.83. The second-order valence-corrected chi connectivity index (χ2v) is 10.5. The molecule has 0 unspecified atom stereocenters. The van der Waals surface area contributed by atoms with Crippen LogP contribution in [0.25, 0.3) is 45.4 Å². The van der Waals surface area contributed by atoms with Crippen LogP contribution < -0.4 is 4.57 Å². The molecule has 6 rings (SSSR count). The SMILES string of the molecule is [2H]C(C)(C)c1cc(-c2ccccc2)cc(C([2H])(C)C)c1-n1cc[n+](C)c1-c1cc2nc3n(c2cc1C)C=CC3. The summed E-state index contributed by atoms with van der Waals surface area (Å²) in [6, 6.07) is 18.9. The highest BCUT2D eigenvalue weighted by atomic mass is 15.1. The topological polar surface area (TPSA) is 26.6 Å². The summed E-state index contributed by atoms with van der Waals surface area (Å²) in [5.41, 5.74) is 9.13. The van der Waals surface area contributed by atoms with Gasteiger partial charge in [-0.15, -0.1) is 0 Å². The summed E-state index contributed by atoms with van der Waals surface area (Å²) in [6.45, 7) is 9.88. The van der Waals surface area contributed by atoms with Crippen LogP contribution in [0.2, 0.25) is 0 Å².